The summed E-state index contributed by atoms with van der Waals surface area (Å²) in [6.07, 6.45) is 1.60. The van der Waals surface area contributed by atoms with Gasteiger partial charge in [0.25, 0.3) is 0 Å². The third-order valence-corrected chi connectivity index (χ3v) is 3.82. The van der Waals surface area contributed by atoms with E-state index < -0.39 is 0 Å². The molecule has 0 aromatic heterocycles. The van der Waals surface area contributed by atoms with Crippen molar-refractivity contribution < 1.29 is 9.18 Å². The topological polar surface area (TPSA) is 23.6 Å². The van der Waals surface area contributed by atoms with Gasteiger partial charge in [0.15, 0.2) is 5.78 Å². The maximum Gasteiger partial charge on any atom is 0.151 e. The zero-order valence-corrected chi connectivity index (χ0v) is 12.3. The molecule has 0 aliphatic carbocycles. The molecular weight excluding hydrogens is 255 g/mol. The van der Waals surface area contributed by atoms with Crippen LogP contribution in [0.1, 0.15) is 12.0 Å². The van der Waals surface area contributed by atoms with Gasteiger partial charge in [0, 0.05) is 19.5 Å². The normalized spacial score (nSPS) is 19.7. The van der Waals surface area contributed by atoms with Crippen LogP contribution in [-0.2, 0) is 11.2 Å². The molecule has 1 aliphatic heterocycles. The lowest BCUT2D eigenvalue weighted by atomic mass is 10.1. The van der Waals surface area contributed by atoms with E-state index in [9.17, 15) is 9.18 Å². The molecule has 0 N–H and O–H groups in total. The fourth-order valence-corrected chi connectivity index (χ4v) is 2.87. The van der Waals surface area contributed by atoms with Crippen molar-refractivity contribution in [1.29, 1.82) is 0 Å². The Labute approximate surface area is 120 Å². The first-order valence-electron chi connectivity index (χ1n) is 7.16. The van der Waals surface area contributed by atoms with Crippen molar-refractivity contribution in [3.05, 3.63) is 35.6 Å². The molecule has 1 heterocycles. The van der Waals surface area contributed by atoms with E-state index in [0.29, 0.717) is 18.9 Å². The molecule has 1 saturated heterocycles. The molecule has 1 unspecified atom stereocenters. The Morgan fingerprint density at radius 3 is 2.70 bits per heavy atom. The molecule has 3 nitrogen and oxygen atoms in total. The van der Waals surface area contributed by atoms with E-state index >= 15 is 0 Å². The van der Waals surface area contributed by atoms with Gasteiger partial charge in [-0.1, -0.05) is 12.1 Å². The van der Waals surface area contributed by atoms with E-state index in [1.165, 1.54) is 18.6 Å². The van der Waals surface area contributed by atoms with E-state index in [0.717, 1.165) is 25.2 Å². The molecule has 0 saturated carbocycles. The summed E-state index contributed by atoms with van der Waals surface area (Å²) in [6, 6.07) is 6.17. The van der Waals surface area contributed by atoms with Crippen LogP contribution in [0.25, 0.3) is 0 Å². The van der Waals surface area contributed by atoms with Crippen molar-refractivity contribution in [2.24, 2.45) is 5.92 Å². The number of likely N-dealkylation sites (N-methyl/N-ethyl adjacent to an activating group) is 1. The highest BCUT2D eigenvalue weighted by atomic mass is 19.1. The van der Waals surface area contributed by atoms with Crippen molar-refractivity contribution in [2.45, 2.75) is 12.8 Å². The number of carbonyl (C=O) groups is 1. The molecule has 1 fully saturated rings. The average molecular weight is 278 g/mol. The largest absolute Gasteiger partial charge is 0.306 e. The molecule has 4 heteroatoms. The predicted molar refractivity (Wildman–Crippen MR) is 78.2 cm³/mol. The molecule has 0 radical (unpaired) electrons. The second kappa shape index (κ2) is 6.95. The third kappa shape index (κ3) is 4.69. The van der Waals surface area contributed by atoms with Gasteiger partial charge < -0.3 is 4.90 Å². The van der Waals surface area contributed by atoms with Crippen molar-refractivity contribution >= 4 is 5.78 Å². The van der Waals surface area contributed by atoms with E-state index in [4.69, 9.17) is 0 Å². The van der Waals surface area contributed by atoms with Gasteiger partial charge in [-0.3, -0.25) is 9.69 Å². The maximum atomic E-state index is 12.8. The molecule has 1 aliphatic rings. The molecule has 1 atom stereocenters. The summed E-state index contributed by atoms with van der Waals surface area (Å²) >= 11 is 0. The summed E-state index contributed by atoms with van der Waals surface area (Å²) < 4.78 is 12.8. The summed E-state index contributed by atoms with van der Waals surface area (Å²) in [5.41, 5.74) is 0.880. The Hall–Kier alpha value is -1.26. The summed E-state index contributed by atoms with van der Waals surface area (Å²) in [6.45, 7) is 3.72. The summed E-state index contributed by atoms with van der Waals surface area (Å²) in [4.78, 5) is 16.4. The maximum absolute atomic E-state index is 12.8. The zero-order valence-electron chi connectivity index (χ0n) is 12.3. The van der Waals surface area contributed by atoms with Crippen LogP contribution in [0.15, 0.2) is 24.3 Å². The third-order valence-electron chi connectivity index (χ3n) is 3.82. The Morgan fingerprint density at radius 2 is 2.10 bits per heavy atom. The first kappa shape index (κ1) is 15.1. The fourth-order valence-electron chi connectivity index (χ4n) is 2.87. The van der Waals surface area contributed by atoms with Crippen LogP contribution in [0.5, 0.6) is 0 Å². The number of hydrogen-bond donors (Lipinski definition) is 0. The van der Waals surface area contributed by atoms with Gasteiger partial charge in [-0.2, -0.15) is 0 Å². The fraction of sp³-hybridized carbons (Fsp3) is 0.562. The monoisotopic (exact) mass is 278 g/mol. The lowest BCUT2D eigenvalue weighted by Crippen LogP contribution is -2.32. The number of halogens is 1. The Kier molecular flexibility index (Phi) is 5.26. The van der Waals surface area contributed by atoms with Gasteiger partial charge in [0.1, 0.15) is 5.82 Å². The molecule has 2 rings (SSSR count). The lowest BCUT2D eigenvalue weighted by molar-refractivity contribution is -0.119. The zero-order chi connectivity index (χ0) is 14.5. The SMILES string of the molecule is CN1CCC(CN(C)CC(=O)Cc2ccc(F)cc2)C1. The summed E-state index contributed by atoms with van der Waals surface area (Å²) in [5, 5.41) is 0. The van der Waals surface area contributed by atoms with Crippen LogP contribution in [0.3, 0.4) is 0 Å². The van der Waals surface area contributed by atoms with Crippen LogP contribution < -0.4 is 0 Å². The van der Waals surface area contributed by atoms with Gasteiger partial charge in [0.05, 0.1) is 6.54 Å². The Balaban J connectivity index is 1.74. The second-order valence-corrected chi connectivity index (χ2v) is 5.96. The van der Waals surface area contributed by atoms with Gasteiger partial charge in [-0.15, -0.1) is 0 Å². The smallest absolute Gasteiger partial charge is 0.151 e. The number of Topliss-reactive ketones (excluding diaryl/α,β-unsaturated/α-hetero) is 1. The lowest BCUT2D eigenvalue weighted by Gasteiger charge is -2.20. The van der Waals surface area contributed by atoms with Crippen molar-refractivity contribution in [1.82, 2.24) is 9.80 Å². The van der Waals surface area contributed by atoms with Crippen molar-refractivity contribution in [3.8, 4) is 0 Å². The van der Waals surface area contributed by atoms with Crippen LogP contribution in [0.2, 0.25) is 0 Å². The first-order chi connectivity index (χ1) is 9.52. The van der Waals surface area contributed by atoms with Crippen LogP contribution in [0, 0.1) is 11.7 Å². The average Bonchev–Trinajstić information content (AvgIpc) is 2.77. The van der Waals surface area contributed by atoms with Crippen molar-refractivity contribution in [2.75, 3.05) is 40.3 Å². The first-order valence-corrected chi connectivity index (χ1v) is 7.16. The van der Waals surface area contributed by atoms with E-state index in [1.54, 1.807) is 12.1 Å². The highest BCUT2D eigenvalue weighted by Crippen LogP contribution is 2.15. The van der Waals surface area contributed by atoms with E-state index in [1.807, 2.05) is 7.05 Å². The van der Waals surface area contributed by atoms with Gasteiger partial charge in [-0.25, -0.2) is 4.39 Å². The molecule has 20 heavy (non-hydrogen) atoms. The van der Waals surface area contributed by atoms with Gasteiger partial charge >= 0.3 is 0 Å². The standard InChI is InChI=1S/C16H23FN2O/c1-18-8-7-14(10-18)11-19(2)12-16(20)9-13-3-5-15(17)6-4-13/h3-6,14H,7-12H2,1-2H3. The highest BCUT2D eigenvalue weighted by Gasteiger charge is 2.21. The number of ketones is 1. The van der Waals surface area contributed by atoms with Gasteiger partial charge in [-0.05, 0) is 50.7 Å². The van der Waals surface area contributed by atoms with Crippen LogP contribution in [-0.4, -0.2) is 55.9 Å². The minimum Gasteiger partial charge on any atom is -0.306 e. The highest BCUT2D eigenvalue weighted by molar-refractivity contribution is 5.82. The molecule has 0 amide bonds. The molecule has 1 aromatic carbocycles. The molecule has 110 valence electrons. The minimum absolute atomic E-state index is 0.186. The van der Waals surface area contributed by atoms with Crippen LogP contribution >= 0.6 is 0 Å². The number of likely N-dealkylation sites (tertiary alicyclic amines) is 1. The Bertz CT molecular complexity index is 446. The van der Waals surface area contributed by atoms with Gasteiger partial charge in [0.2, 0.25) is 0 Å². The summed E-state index contributed by atoms with van der Waals surface area (Å²) in [5.74, 6) is 0.595. The number of carbonyl (C=O) groups excluding carboxylic acids is 1. The van der Waals surface area contributed by atoms with Crippen molar-refractivity contribution in [3.63, 3.8) is 0 Å². The Morgan fingerprint density at radius 1 is 1.40 bits per heavy atom. The molecule has 0 spiro atoms. The van der Waals surface area contributed by atoms with Crippen LogP contribution in [0.4, 0.5) is 4.39 Å². The predicted octanol–water partition coefficient (Wildman–Crippen LogP) is 1.82. The quantitative estimate of drug-likeness (QED) is 0.793. The number of hydrogen-bond acceptors (Lipinski definition) is 3. The van der Waals surface area contributed by atoms with E-state index in [-0.39, 0.29) is 11.6 Å². The second-order valence-electron chi connectivity index (χ2n) is 5.96. The minimum atomic E-state index is -0.260. The molecule has 0 bridgehead atoms. The molecular formula is C16H23FN2O. The summed E-state index contributed by atoms with van der Waals surface area (Å²) in [7, 11) is 4.14. The number of rotatable bonds is 6. The number of nitrogens with zero attached hydrogens (tertiary/aromatic N) is 2. The van der Waals surface area contributed by atoms with E-state index in [2.05, 4.69) is 16.8 Å². The molecule has 1 aromatic rings. The number of benzene rings is 1.